The summed E-state index contributed by atoms with van der Waals surface area (Å²) in [7, 11) is 0. The molecule has 0 bridgehead atoms. The van der Waals surface area contributed by atoms with E-state index >= 15 is 0 Å². The molecule has 0 aromatic carbocycles. The van der Waals surface area contributed by atoms with Crippen LogP contribution in [0.25, 0.3) is 0 Å². The Labute approximate surface area is 118 Å². The van der Waals surface area contributed by atoms with Crippen LogP contribution in [0.1, 0.15) is 50.8 Å². The fourth-order valence-electron chi connectivity index (χ4n) is 2.54. The maximum Gasteiger partial charge on any atom is 0.306 e. The largest absolute Gasteiger partial charge is 0.457 e. The van der Waals surface area contributed by atoms with E-state index in [2.05, 4.69) is 15.0 Å². The van der Waals surface area contributed by atoms with Crippen molar-refractivity contribution in [1.82, 2.24) is 15.0 Å². The molecule has 4 N–H and O–H groups in total. The Kier molecular flexibility index (Phi) is 5.09. The second kappa shape index (κ2) is 7.02. The number of nitrogens with zero attached hydrogens (tertiary/aromatic N) is 3. The van der Waals surface area contributed by atoms with Gasteiger partial charge in [-0.2, -0.15) is 15.0 Å². The molecule has 0 amide bonds. The summed E-state index contributed by atoms with van der Waals surface area (Å²) in [6.45, 7) is -0.0135. The van der Waals surface area contributed by atoms with Crippen molar-refractivity contribution < 1.29 is 9.53 Å². The lowest BCUT2D eigenvalue weighted by Gasteiger charge is -2.20. The Balaban J connectivity index is 1.71. The Hall–Kier alpha value is -1.92. The van der Waals surface area contributed by atoms with Gasteiger partial charge < -0.3 is 16.2 Å². The van der Waals surface area contributed by atoms with Gasteiger partial charge in [-0.3, -0.25) is 4.79 Å². The minimum atomic E-state index is -0.229. The summed E-state index contributed by atoms with van der Waals surface area (Å²) in [5.41, 5.74) is 10.9. The number of rotatable bonds is 5. The van der Waals surface area contributed by atoms with Crippen molar-refractivity contribution in [1.29, 1.82) is 0 Å². The third kappa shape index (κ3) is 4.64. The van der Waals surface area contributed by atoms with Crippen molar-refractivity contribution in [2.45, 2.75) is 51.6 Å². The lowest BCUT2D eigenvalue weighted by molar-refractivity contribution is -0.145. The number of hydrogen-bond acceptors (Lipinski definition) is 7. The number of carbonyl (C=O) groups is 1. The van der Waals surface area contributed by atoms with Gasteiger partial charge in [0.25, 0.3) is 0 Å². The average molecular weight is 279 g/mol. The van der Waals surface area contributed by atoms with Crippen LogP contribution in [0.2, 0.25) is 0 Å². The third-order valence-corrected chi connectivity index (χ3v) is 3.56. The molecule has 110 valence electrons. The smallest absolute Gasteiger partial charge is 0.306 e. The van der Waals surface area contributed by atoms with Gasteiger partial charge in [-0.05, 0) is 12.3 Å². The molecule has 0 spiro atoms. The van der Waals surface area contributed by atoms with E-state index in [9.17, 15) is 4.79 Å². The summed E-state index contributed by atoms with van der Waals surface area (Å²) in [4.78, 5) is 23.0. The molecular formula is C13H21N5O2. The van der Waals surface area contributed by atoms with E-state index in [0.29, 0.717) is 12.3 Å². The minimum absolute atomic E-state index is 0.0135. The molecule has 1 fully saturated rings. The van der Waals surface area contributed by atoms with E-state index in [1.807, 2.05) is 0 Å². The van der Waals surface area contributed by atoms with Gasteiger partial charge in [0, 0.05) is 6.42 Å². The summed E-state index contributed by atoms with van der Waals surface area (Å²) >= 11 is 0. The maximum absolute atomic E-state index is 11.7. The number of anilines is 2. The molecular weight excluding hydrogens is 258 g/mol. The van der Waals surface area contributed by atoms with Crippen LogP contribution in [0.3, 0.4) is 0 Å². The topological polar surface area (TPSA) is 117 Å². The van der Waals surface area contributed by atoms with Crippen LogP contribution < -0.4 is 11.5 Å². The molecule has 7 nitrogen and oxygen atoms in total. The van der Waals surface area contributed by atoms with E-state index in [1.54, 1.807) is 0 Å². The maximum atomic E-state index is 11.7. The molecule has 1 heterocycles. The van der Waals surface area contributed by atoms with Crippen LogP contribution >= 0.6 is 0 Å². The number of nitrogens with two attached hydrogens (primary N) is 2. The molecule has 1 aliphatic carbocycles. The standard InChI is InChI=1S/C13H21N5O2/c14-12-16-10(17-13(15)18-12)8-20-11(19)7-6-9-4-2-1-3-5-9/h9H,1-8H2,(H4,14,15,16,17,18). The van der Waals surface area contributed by atoms with Gasteiger partial charge in [-0.1, -0.05) is 32.1 Å². The molecule has 0 unspecified atom stereocenters. The van der Waals surface area contributed by atoms with Gasteiger partial charge in [-0.25, -0.2) is 0 Å². The first-order chi connectivity index (χ1) is 9.63. The van der Waals surface area contributed by atoms with Gasteiger partial charge >= 0.3 is 5.97 Å². The summed E-state index contributed by atoms with van der Waals surface area (Å²) in [6, 6.07) is 0. The lowest BCUT2D eigenvalue weighted by Crippen LogP contribution is -2.13. The van der Waals surface area contributed by atoms with E-state index in [1.165, 1.54) is 32.1 Å². The Bertz CT molecular complexity index is 440. The van der Waals surface area contributed by atoms with Gasteiger partial charge in [0.1, 0.15) is 0 Å². The number of nitrogen functional groups attached to an aromatic ring is 2. The lowest BCUT2D eigenvalue weighted by atomic mass is 9.86. The molecule has 1 aromatic rings. The van der Waals surface area contributed by atoms with Crippen molar-refractivity contribution >= 4 is 17.9 Å². The zero-order valence-corrected chi connectivity index (χ0v) is 11.5. The number of carbonyl (C=O) groups excluding carboxylic acids is 1. The van der Waals surface area contributed by atoms with Crippen LogP contribution in [-0.2, 0) is 16.1 Å². The fraction of sp³-hybridized carbons (Fsp3) is 0.692. The molecule has 1 saturated carbocycles. The number of esters is 1. The molecule has 0 aliphatic heterocycles. The van der Waals surface area contributed by atoms with Crippen LogP contribution in [0.4, 0.5) is 11.9 Å². The van der Waals surface area contributed by atoms with Crippen molar-refractivity contribution in [2.24, 2.45) is 5.92 Å². The van der Waals surface area contributed by atoms with Crippen LogP contribution in [0.15, 0.2) is 0 Å². The van der Waals surface area contributed by atoms with E-state index in [0.717, 1.165) is 6.42 Å². The highest BCUT2D eigenvalue weighted by molar-refractivity contribution is 5.69. The van der Waals surface area contributed by atoms with Crippen molar-refractivity contribution in [2.75, 3.05) is 11.5 Å². The van der Waals surface area contributed by atoms with Gasteiger partial charge in [-0.15, -0.1) is 0 Å². The fourth-order valence-corrected chi connectivity index (χ4v) is 2.54. The molecule has 7 heteroatoms. The van der Waals surface area contributed by atoms with E-state index in [4.69, 9.17) is 16.2 Å². The predicted octanol–water partition coefficient (Wildman–Crippen LogP) is 1.44. The van der Waals surface area contributed by atoms with Gasteiger partial charge in [0.05, 0.1) is 0 Å². The quantitative estimate of drug-likeness (QED) is 0.783. The van der Waals surface area contributed by atoms with Crippen molar-refractivity contribution in [3.05, 3.63) is 5.82 Å². The summed E-state index contributed by atoms with van der Waals surface area (Å²) < 4.78 is 5.13. The normalized spacial score (nSPS) is 16.0. The summed E-state index contributed by atoms with van der Waals surface area (Å²) in [5.74, 6) is 0.783. The zero-order chi connectivity index (χ0) is 14.4. The highest BCUT2D eigenvalue weighted by Gasteiger charge is 2.15. The average Bonchev–Trinajstić information content (AvgIpc) is 2.43. The summed E-state index contributed by atoms with van der Waals surface area (Å²) in [6.07, 6.45) is 7.69. The predicted molar refractivity (Wildman–Crippen MR) is 74.3 cm³/mol. The molecule has 0 atom stereocenters. The zero-order valence-electron chi connectivity index (χ0n) is 11.5. The highest BCUT2D eigenvalue weighted by Crippen LogP contribution is 2.27. The first kappa shape index (κ1) is 14.5. The Morgan fingerprint density at radius 2 is 1.75 bits per heavy atom. The van der Waals surface area contributed by atoms with Gasteiger partial charge in [0.2, 0.25) is 11.9 Å². The first-order valence-corrected chi connectivity index (χ1v) is 7.05. The molecule has 20 heavy (non-hydrogen) atoms. The number of aromatic nitrogens is 3. The second-order valence-electron chi connectivity index (χ2n) is 5.17. The van der Waals surface area contributed by atoms with Crippen LogP contribution in [-0.4, -0.2) is 20.9 Å². The Morgan fingerprint density at radius 1 is 1.10 bits per heavy atom. The molecule has 0 saturated heterocycles. The number of ether oxygens (including phenoxy) is 1. The second-order valence-corrected chi connectivity index (χ2v) is 5.17. The number of hydrogen-bond donors (Lipinski definition) is 2. The molecule has 1 aromatic heterocycles. The third-order valence-electron chi connectivity index (χ3n) is 3.56. The van der Waals surface area contributed by atoms with Crippen LogP contribution in [0.5, 0.6) is 0 Å². The van der Waals surface area contributed by atoms with Crippen molar-refractivity contribution in [3.8, 4) is 0 Å². The van der Waals surface area contributed by atoms with Gasteiger partial charge in [0.15, 0.2) is 12.4 Å². The van der Waals surface area contributed by atoms with Crippen LogP contribution in [0, 0.1) is 5.92 Å². The molecule has 0 radical (unpaired) electrons. The first-order valence-electron chi connectivity index (χ1n) is 7.05. The monoisotopic (exact) mass is 279 g/mol. The summed E-state index contributed by atoms with van der Waals surface area (Å²) in [5, 5.41) is 0. The van der Waals surface area contributed by atoms with Crippen molar-refractivity contribution in [3.63, 3.8) is 0 Å². The SMILES string of the molecule is Nc1nc(N)nc(COC(=O)CCC2CCCCC2)n1. The van der Waals surface area contributed by atoms with E-state index in [-0.39, 0.29) is 30.3 Å². The minimum Gasteiger partial charge on any atom is -0.457 e. The molecule has 1 aliphatic rings. The Morgan fingerprint density at radius 3 is 2.40 bits per heavy atom. The highest BCUT2D eigenvalue weighted by atomic mass is 16.5. The molecule has 2 rings (SSSR count). The van der Waals surface area contributed by atoms with E-state index < -0.39 is 0 Å².